The number of rotatable bonds is 2. The van der Waals surface area contributed by atoms with Gasteiger partial charge in [-0.25, -0.2) is 9.78 Å². The van der Waals surface area contributed by atoms with E-state index in [1.54, 1.807) is 0 Å². The van der Waals surface area contributed by atoms with E-state index in [9.17, 15) is 0 Å². The molecule has 0 unspecified atom stereocenters. The van der Waals surface area contributed by atoms with Crippen molar-refractivity contribution in [3.63, 3.8) is 0 Å². The smallest absolute Gasteiger partial charge is 0.192 e. The van der Waals surface area contributed by atoms with E-state index in [1.165, 1.54) is 0 Å². The molecular weight excluding hydrogens is 244 g/mol. The minimum Gasteiger partial charge on any atom is -0.414 e. The largest absolute Gasteiger partial charge is 0.414 e. The third-order valence-electron chi connectivity index (χ3n) is 4.35. The van der Waals surface area contributed by atoms with Crippen molar-refractivity contribution < 1.29 is 14.2 Å². The maximum atomic E-state index is 6.50. The summed E-state index contributed by atoms with van der Waals surface area (Å²) in [6.45, 7) is 11.5. The van der Waals surface area contributed by atoms with Crippen molar-refractivity contribution in [2.24, 2.45) is 0 Å². The standard InChI is InChI=1S/C14H26O3Si/c1-14(2,3)18(4,5)17-13-9-11-7-6-8-12(10-13)16-15-11/h6-7,11-13H,8-10H2,1-5H3/t11-,12+,13-/m1/s1. The maximum absolute atomic E-state index is 6.50. The quantitative estimate of drug-likeness (QED) is 0.434. The summed E-state index contributed by atoms with van der Waals surface area (Å²) in [5.74, 6) is 0. The Morgan fingerprint density at radius 3 is 2.56 bits per heavy atom. The van der Waals surface area contributed by atoms with E-state index < -0.39 is 8.32 Å². The van der Waals surface area contributed by atoms with Crippen LogP contribution in [0.15, 0.2) is 12.2 Å². The molecule has 0 aromatic rings. The SMILES string of the molecule is CC(C)(C)[Si](C)(C)O[C@H]1C[C@@H]2CC=C[C@H](C1)OO2. The summed E-state index contributed by atoms with van der Waals surface area (Å²) < 4.78 is 6.50. The molecule has 0 aromatic carbocycles. The summed E-state index contributed by atoms with van der Waals surface area (Å²) in [7, 11) is -1.70. The summed E-state index contributed by atoms with van der Waals surface area (Å²) >= 11 is 0. The Bertz CT molecular complexity index is 319. The highest BCUT2D eigenvalue weighted by Gasteiger charge is 2.41. The monoisotopic (exact) mass is 270 g/mol. The zero-order valence-electron chi connectivity index (χ0n) is 12.2. The molecule has 104 valence electrons. The average Bonchev–Trinajstić information content (AvgIpc) is 2.48. The first-order valence-corrected chi connectivity index (χ1v) is 9.85. The number of fused-ring (bicyclic) bond motifs is 3. The Hall–Kier alpha value is -0.163. The van der Waals surface area contributed by atoms with Crippen molar-refractivity contribution in [1.29, 1.82) is 0 Å². The molecule has 0 spiro atoms. The minimum absolute atomic E-state index is 0.0623. The molecule has 2 heterocycles. The topological polar surface area (TPSA) is 27.7 Å². The molecule has 1 saturated heterocycles. The van der Waals surface area contributed by atoms with Gasteiger partial charge in [0.2, 0.25) is 0 Å². The second kappa shape index (κ2) is 5.08. The molecule has 3 atom stereocenters. The van der Waals surface area contributed by atoms with Crippen molar-refractivity contribution >= 4 is 8.32 Å². The first-order valence-electron chi connectivity index (χ1n) is 6.94. The van der Waals surface area contributed by atoms with Gasteiger partial charge in [-0.15, -0.1) is 0 Å². The molecule has 2 aliphatic heterocycles. The molecule has 2 aliphatic rings. The van der Waals surface area contributed by atoms with Gasteiger partial charge < -0.3 is 4.43 Å². The van der Waals surface area contributed by atoms with Crippen LogP contribution in [-0.2, 0) is 14.2 Å². The molecule has 0 saturated carbocycles. The van der Waals surface area contributed by atoms with Crippen LogP contribution in [0.2, 0.25) is 18.1 Å². The second-order valence-corrected chi connectivity index (χ2v) is 11.7. The van der Waals surface area contributed by atoms with Crippen LogP contribution in [0, 0.1) is 0 Å². The van der Waals surface area contributed by atoms with E-state index >= 15 is 0 Å². The van der Waals surface area contributed by atoms with Crippen molar-refractivity contribution in [3.8, 4) is 0 Å². The van der Waals surface area contributed by atoms with Crippen LogP contribution in [0.25, 0.3) is 0 Å². The summed E-state index contributed by atoms with van der Waals surface area (Å²) in [4.78, 5) is 10.8. The fourth-order valence-electron chi connectivity index (χ4n) is 2.19. The van der Waals surface area contributed by atoms with Crippen molar-refractivity contribution in [3.05, 3.63) is 12.2 Å². The molecule has 0 aliphatic carbocycles. The van der Waals surface area contributed by atoms with E-state index in [0.29, 0.717) is 0 Å². The van der Waals surface area contributed by atoms with Gasteiger partial charge in [-0.2, -0.15) is 0 Å². The molecule has 0 amide bonds. The molecule has 1 fully saturated rings. The van der Waals surface area contributed by atoms with Crippen LogP contribution in [0.4, 0.5) is 0 Å². The third kappa shape index (κ3) is 3.23. The normalized spacial score (nSPS) is 33.3. The zero-order valence-corrected chi connectivity index (χ0v) is 13.2. The van der Waals surface area contributed by atoms with Gasteiger partial charge in [0.1, 0.15) is 6.10 Å². The molecule has 0 radical (unpaired) electrons. The molecule has 18 heavy (non-hydrogen) atoms. The summed E-state index contributed by atoms with van der Waals surface area (Å²) in [5.41, 5.74) is 0. The molecule has 2 bridgehead atoms. The van der Waals surface area contributed by atoms with Crippen LogP contribution in [0.3, 0.4) is 0 Å². The van der Waals surface area contributed by atoms with Crippen LogP contribution in [0.1, 0.15) is 40.0 Å². The van der Waals surface area contributed by atoms with E-state index in [4.69, 9.17) is 14.2 Å². The van der Waals surface area contributed by atoms with Gasteiger partial charge in [0.15, 0.2) is 8.32 Å². The van der Waals surface area contributed by atoms with Gasteiger partial charge in [0.05, 0.1) is 12.2 Å². The van der Waals surface area contributed by atoms with Crippen LogP contribution >= 0.6 is 0 Å². The average molecular weight is 270 g/mol. The molecule has 4 heteroatoms. The number of hydrogen-bond donors (Lipinski definition) is 0. The Kier molecular flexibility index (Phi) is 4.02. The molecule has 3 nitrogen and oxygen atoms in total. The molecular formula is C14H26O3Si. The Labute approximate surface area is 112 Å². The van der Waals surface area contributed by atoms with Crippen LogP contribution < -0.4 is 0 Å². The lowest BCUT2D eigenvalue weighted by Gasteiger charge is -2.39. The lowest BCUT2D eigenvalue weighted by Crippen LogP contribution is -2.45. The van der Waals surface area contributed by atoms with Gasteiger partial charge in [-0.1, -0.05) is 32.9 Å². The maximum Gasteiger partial charge on any atom is 0.192 e. The third-order valence-corrected chi connectivity index (χ3v) is 8.89. The van der Waals surface area contributed by atoms with Crippen molar-refractivity contribution in [2.75, 3.05) is 0 Å². The van der Waals surface area contributed by atoms with E-state index in [2.05, 4.69) is 46.0 Å². The van der Waals surface area contributed by atoms with E-state index in [1.807, 2.05) is 0 Å². The van der Waals surface area contributed by atoms with Crippen LogP contribution in [0.5, 0.6) is 0 Å². The first kappa shape index (κ1) is 14.3. The Morgan fingerprint density at radius 1 is 1.17 bits per heavy atom. The fraction of sp³-hybridized carbons (Fsp3) is 0.857. The fourth-order valence-corrected chi connectivity index (χ4v) is 3.57. The summed E-state index contributed by atoms with van der Waals surface area (Å²) in [5, 5.41) is 0.256. The predicted molar refractivity (Wildman–Crippen MR) is 74.8 cm³/mol. The zero-order chi connectivity index (χ0) is 13.4. The van der Waals surface area contributed by atoms with Gasteiger partial charge >= 0.3 is 0 Å². The summed E-state index contributed by atoms with van der Waals surface area (Å²) in [6, 6.07) is 0. The minimum atomic E-state index is -1.70. The van der Waals surface area contributed by atoms with Crippen molar-refractivity contribution in [1.82, 2.24) is 0 Å². The van der Waals surface area contributed by atoms with Crippen LogP contribution in [-0.4, -0.2) is 26.6 Å². The Balaban J connectivity index is 2.04. The first-order chi connectivity index (χ1) is 8.28. The lowest BCUT2D eigenvalue weighted by molar-refractivity contribution is -0.331. The lowest BCUT2D eigenvalue weighted by atomic mass is 10.0. The van der Waals surface area contributed by atoms with Crippen molar-refractivity contribution in [2.45, 2.75) is 76.5 Å². The molecule has 0 N–H and O–H groups in total. The Morgan fingerprint density at radius 2 is 1.89 bits per heavy atom. The van der Waals surface area contributed by atoms with E-state index in [0.717, 1.165) is 19.3 Å². The van der Waals surface area contributed by atoms with E-state index in [-0.39, 0.29) is 23.4 Å². The summed E-state index contributed by atoms with van der Waals surface area (Å²) in [6.07, 6.45) is 7.58. The van der Waals surface area contributed by atoms with Gasteiger partial charge in [0.25, 0.3) is 0 Å². The number of hydrogen-bond acceptors (Lipinski definition) is 3. The molecule has 2 rings (SSSR count). The highest BCUT2D eigenvalue weighted by atomic mass is 28.4. The van der Waals surface area contributed by atoms with Gasteiger partial charge in [-0.05, 0) is 24.6 Å². The second-order valence-electron chi connectivity index (χ2n) is 6.99. The van der Waals surface area contributed by atoms with Gasteiger partial charge in [0, 0.05) is 12.8 Å². The highest BCUT2D eigenvalue weighted by Crippen LogP contribution is 2.39. The highest BCUT2D eigenvalue weighted by molar-refractivity contribution is 6.74. The van der Waals surface area contributed by atoms with Gasteiger partial charge in [-0.3, -0.25) is 0 Å². The predicted octanol–water partition coefficient (Wildman–Crippen LogP) is 3.82. The molecule has 0 aromatic heterocycles.